The topological polar surface area (TPSA) is 75.1 Å². The molecule has 0 saturated heterocycles. The van der Waals surface area contributed by atoms with Crippen LogP contribution in [-0.4, -0.2) is 20.4 Å². The van der Waals surface area contributed by atoms with E-state index in [9.17, 15) is 4.79 Å². The summed E-state index contributed by atoms with van der Waals surface area (Å²) in [5, 5.41) is 13.2. The smallest absolute Gasteiger partial charge is 0.340 e. The average molecular weight is 235 g/mol. The standard InChI is InChI=1S/C10H9N3O2S/c1-6-2-3-8(11-4-6)12-9-7(10(14)15)5-16-13-9/h2-5H,1H3,(H,14,15)(H,11,12,13). The van der Waals surface area contributed by atoms with Gasteiger partial charge >= 0.3 is 5.97 Å². The Bertz CT molecular complexity index is 507. The molecule has 0 fully saturated rings. The summed E-state index contributed by atoms with van der Waals surface area (Å²) in [5.41, 5.74) is 1.20. The maximum atomic E-state index is 10.8. The molecule has 2 aromatic rings. The lowest BCUT2D eigenvalue weighted by Crippen LogP contribution is -2.01. The molecule has 0 amide bonds. The number of carbonyl (C=O) groups is 1. The van der Waals surface area contributed by atoms with E-state index in [0.29, 0.717) is 11.6 Å². The molecule has 0 aliphatic carbocycles. The first-order chi connectivity index (χ1) is 7.66. The highest BCUT2D eigenvalue weighted by Gasteiger charge is 2.13. The number of aromatic nitrogens is 2. The highest BCUT2D eigenvalue weighted by molar-refractivity contribution is 7.04. The van der Waals surface area contributed by atoms with Crippen LogP contribution in [-0.2, 0) is 0 Å². The Balaban J connectivity index is 2.23. The highest BCUT2D eigenvalue weighted by atomic mass is 32.1. The van der Waals surface area contributed by atoms with Crippen molar-refractivity contribution in [3.05, 3.63) is 34.8 Å². The van der Waals surface area contributed by atoms with Gasteiger partial charge in [0.05, 0.1) is 0 Å². The molecule has 16 heavy (non-hydrogen) atoms. The number of aryl methyl sites for hydroxylation is 1. The second-order valence-corrected chi connectivity index (χ2v) is 3.86. The predicted molar refractivity (Wildman–Crippen MR) is 61.3 cm³/mol. The molecular formula is C10H9N3O2S. The zero-order valence-corrected chi connectivity index (χ0v) is 9.28. The van der Waals surface area contributed by atoms with Gasteiger partial charge in [-0.2, -0.15) is 4.37 Å². The maximum absolute atomic E-state index is 10.8. The molecule has 2 N–H and O–H groups in total. The Morgan fingerprint density at radius 2 is 2.31 bits per heavy atom. The van der Waals surface area contributed by atoms with Gasteiger partial charge in [0.2, 0.25) is 0 Å². The van der Waals surface area contributed by atoms with E-state index in [2.05, 4.69) is 14.7 Å². The second kappa shape index (κ2) is 4.28. The van der Waals surface area contributed by atoms with Crippen molar-refractivity contribution in [2.45, 2.75) is 6.92 Å². The third-order valence-corrected chi connectivity index (χ3v) is 2.59. The lowest BCUT2D eigenvalue weighted by molar-refractivity contribution is 0.0698. The number of aromatic carboxylic acids is 1. The summed E-state index contributed by atoms with van der Waals surface area (Å²) in [6, 6.07) is 3.67. The molecule has 2 aromatic heterocycles. The van der Waals surface area contributed by atoms with E-state index in [-0.39, 0.29) is 5.56 Å². The minimum Gasteiger partial charge on any atom is -0.478 e. The minimum atomic E-state index is -0.997. The number of hydrogen-bond donors (Lipinski definition) is 2. The summed E-state index contributed by atoms with van der Waals surface area (Å²) in [6.07, 6.45) is 1.70. The Kier molecular flexibility index (Phi) is 2.82. The predicted octanol–water partition coefficient (Wildman–Crippen LogP) is 2.29. The molecule has 0 atom stereocenters. The summed E-state index contributed by atoms with van der Waals surface area (Å²) in [6.45, 7) is 1.93. The number of nitrogens with one attached hydrogen (secondary N) is 1. The molecule has 5 nitrogen and oxygen atoms in total. The van der Waals surface area contributed by atoms with Gasteiger partial charge in [-0.05, 0) is 30.1 Å². The van der Waals surface area contributed by atoms with Crippen LogP contribution in [0.1, 0.15) is 15.9 Å². The number of nitrogens with zero attached hydrogens (tertiary/aromatic N) is 2. The fourth-order valence-electron chi connectivity index (χ4n) is 1.14. The van der Waals surface area contributed by atoms with E-state index >= 15 is 0 Å². The van der Waals surface area contributed by atoms with E-state index in [0.717, 1.165) is 17.1 Å². The molecule has 0 saturated carbocycles. The average Bonchev–Trinajstić information content (AvgIpc) is 2.69. The summed E-state index contributed by atoms with van der Waals surface area (Å²) >= 11 is 1.10. The van der Waals surface area contributed by atoms with E-state index < -0.39 is 5.97 Å². The van der Waals surface area contributed by atoms with E-state index in [1.54, 1.807) is 12.3 Å². The van der Waals surface area contributed by atoms with Crippen LogP contribution in [0.2, 0.25) is 0 Å². The molecule has 82 valence electrons. The van der Waals surface area contributed by atoms with Gasteiger partial charge in [0.1, 0.15) is 11.4 Å². The van der Waals surface area contributed by atoms with Crippen LogP contribution in [0.15, 0.2) is 23.7 Å². The molecule has 0 aliphatic rings. The van der Waals surface area contributed by atoms with Gasteiger partial charge in [-0.15, -0.1) is 0 Å². The molecule has 2 heterocycles. The highest BCUT2D eigenvalue weighted by Crippen LogP contribution is 2.20. The summed E-state index contributed by atoms with van der Waals surface area (Å²) < 4.78 is 3.96. The molecule has 0 unspecified atom stereocenters. The van der Waals surface area contributed by atoms with Crippen molar-refractivity contribution < 1.29 is 9.90 Å². The number of hydrogen-bond acceptors (Lipinski definition) is 5. The van der Waals surface area contributed by atoms with Crippen LogP contribution in [0.5, 0.6) is 0 Å². The van der Waals surface area contributed by atoms with Gasteiger partial charge in [-0.25, -0.2) is 9.78 Å². The van der Waals surface area contributed by atoms with Gasteiger partial charge in [0.15, 0.2) is 5.82 Å². The van der Waals surface area contributed by atoms with Crippen LogP contribution in [0.25, 0.3) is 0 Å². The van der Waals surface area contributed by atoms with E-state index in [4.69, 9.17) is 5.11 Å². The first-order valence-corrected chi connectivity index (χ1v) is 5.38. The Hall–Kier alpha value is -1.95. The summed E-state index contributed by atoms with van der Waals surface area (Å²) in [4.78, 5) is 14.9. The van der Waals surface area contributed by atoms with E-state index in [1.807, 2.05) is 13.0 Å². The molecule has 0 radical (unpaired) electrons. The molecule has 0 bridgehead atoms. The summed E-state index contributed by atoms with van der Waals surface area (Å²) in [5.74, 6) is -0.0868. The number of carboxylic acids is 1. The van der Waals surface area contributed by atoms with Crippen molar-refractivity contribution in [3.63, 3.8) is 0 Å². The van der Waals surface area contributed by atoms with Gasteiger partial charge in [-0.1, -0.05) is 6.07 Å². The lowest BCUT2D eigenvalue weighted by Gasteiger charge is -2.03. The van der Waals surface area contributed by atoms with Gasteiger partial charge in [0, 0.05) is 11.6 Å². The minimum absolute atomic E-state index is 0.160. The van der Waals surface area contributed by atoms with E-state index in [1.165, 1.54) is 5.38 Å². The van der Waals surface area contributed by atoms with Crippen molar-refractivity contribution in [2.24, 2.45) is 0 Å². The molecule has 0 aliphatic heterocycles. The van der Waals surface area contributed by atoms with Gasteiger partial charge < -0.3 is 10.4 Å². The third kappa shape index (κ3) is 2.17. The fourth-order valence-corrected chi connectivity index (χ4v) is 1.76. The van der Waals surface area contributed by atoms with Crippen molar-refractivity contribution in [2.75, 3.05) is 5.32 Å². The Morgan fingerprint density at radius 3 is 2.94 bits per heavy atom. The maximum Gasteiger partial charge on any atom is 0.340 e. The first-order valence-electron chi connectivity index (χ1n) is 4.54. The lowest BCUT2D eigenvalue weighted by atomic mass is 10.3. The molecule has 0 spiro atoms. The van der Waals surface area contributed by atoms with Crippen LogP contribution >= 0.6 is 11.5 Å². The zero-order chi connectivity index (χ0) is 11.5. The van der Waals surface area contributed by atoms with Crippen molar-refractivity contribution in [1.82, 2.24) is 9.36 Å². The normalized spacial score (nSPS) is 10.1. The number of rotatable bonds is 3. The van der Waals surface area contributed by atoms with Gasteiger partial charge in [-0.3, -0.25) is 0 Å². The number of carboxylic acid groups (broad SMARTS) is 1. The largest absolute Gasteiger partial charge is 0.478 e. The monoisotopic (exact) mass is 235 g/mol. The Labute approximate surface area is 95.9 Å². The quantitative estimate of drug-likeness (QED) is 0.853. The number of anilines is 2. The SMILES string of the molecule is Cc1ccc(Nc2nscc2C(=O)O)nc1. The van der Waals surface area contributed by atoms with Crippen molar-refractivity contribution in [1.29, 1.82) is 0 Å². The second-order valence-electron chi connectivity index (χ2n) is 3.23. The molecule has 2 rings (SSSR count). The third-order valence-electron chi connectivity index (χ3n) is 1.96. The molecular weight excluding hydrogens is 226 g/mol. The van der Waals surface area contributed by atoms with Crippen LogP contribution in [0.3, 0.4) is 0 Å². The molecule has 0 aromatic carbocycles. The van der Waals surface area contributed by atoms with Crippen molar-refractivity contribution >= 4 is 29.1 Å². The number of pyridine rings is 1. The fraction of sp³-hybridized carbons (Fsp3) is 0.100. The zero-order valence-electron chi connectivity index (χ0n) is 8.47. The Morgan fingerprint density at radius 1 is 1.50 bits per heavy atom. The summed E-state index contributed by atoms with van der Waals surface area (Å²) in [7, 11) is 0. The van der Waals surface area contributed by atoms with Crippen molar-refractivity contribution in [3.8, 4) is 0 Å². The molecule has 6 heteroatoms. The first kappa shape index (κ1) is 10.6. The van der Waals surface area contributed by atoms with Crippen LogP contribution in [0, 0.1) is 6.92 Å². The van der Waals surface area contributed by atoms with Crippen LogP contribution < -0.4 is 5.32 Å². The van der Waals surface area contributed by atoms with Gasteiger partial charge in [0.25, 0.3) is 0 Å². The van der Waals surface area contributed by atoms with Crippen LogP contribution in [0.4, 0.5) is 11.6 Å².